The van der Waals surface area contributed by atoms with E-state index in [1.54, 1.807) is 0 Å². The van der Waals surface area contributed by atoms with Crippen LogP contribution in [0.15, 0.2) is 42.5 Å². The number of aliphatic hydroxyl groups excluding tert-OH is 1. The van der Waals surface area contributed by atoms with E-state index in [2.05, 4.69) is 29.7 Å². The fourth-order valence-corrected chi connectivity index (χ4v) is 3.65. The summed E-state index contributed by atoms with van der Waals surface area (Å²) in [6.45, 7) is 2.24. The highest BCUT2D eigenvalue weighted by Crippen LogP contribution is 2.45. The average molecular weight is 404 g/mol. The zero-order chi connectivity index (χ0) is 21.0. The van der Waals surface area contributed by atoms with E-state index in [4.69, 9.17) is 5.11 Å². The molecule has 0 bridgehead atoms. The number of carboxylic acid groups (broad SMARTS) is 1. The molecule has 0 heterocycles. The Morgan fingerprint density at radius 2 is 1.83 bits per heavy atom. The normalized spacial score (nSPS) is 16.8. The molecule has 7 heteroatoms. The molecule has 1 saturated carbocycles. The van der Waals surface area contributed by atoms with E-state index < -0.39 is 29.9 Å². The third kappa shape index (κ3) is 5.52. The van der Waals surface area contributed by atoms with Crippen LogP contribution >= 0.6 is 0 Å². The number of aliphatic hydroxyl groups is 1. The first-order valence-corrected chi connectivity index (χ1v) is 9.78. The lowest BCUT2D eigenvalue weighted by Gasteiger charge is -2.26. The van der Waals surface area contributed by atoms with Crippen LogP contribution in [0.5, 0.6) is 0 Å². The van der Waals surface area contributed by atoms with Crippen molar-refractivity contribution < 1.29 is 23.8 Å². The monoisotopic (exact) mass is 404 g/mol. The van der Waals surface area contributed by atoms with Crippen LogP contribution in [0, 0.1) is 11.6 Å². The lowest BCUT2D eigenvalue weighted by molar-refractivity contribution is 0.114. The summed E-state index contributed by atoms with van der Waals surface area (Å²) in [5, 5.41) is 25.4. The number of amides is 1. The van der Waals surface area contributed by atoms with Crippen LogP contribution in [0.25, 0.3) is 0 Å². The van der Waals surface area contributed by atoms with Crippen LogP contribution in [0.3, 0.4) is 0 Å². The molecule has 1 fully saturated rings. The number of benzene rings is 2. The molecule has 1 aliphatic rings. The molecule has 2 aromatic carbocycles. The quantitative estimate of drug-likeness (QED) is 0.517. The SMILES string of the molecule is CCc1cccc(C2(NC[C@H](O)[C@H](Cc3cc(F)cc(F)c3)NC(=O)O)CC2)c1. The first-order chi connectivity index (χ1) is 13.8. The van der Waals surface area contributed by atoms with E-state index in [0.717, 1.165) is 43.0 Å². The summed E-state index contributed by atoms with van der Waals surface area (Å²) in [5.41, 5.74) is 2.44. The zero-order valence-corrected chi connectivity index (χ0v) is 16.3. The Morgan fingerprint density at radius 3 is 2.41 bits per heavy atom. The van der Waals surface area contributed by atoms with Gasteiger partial charge in [0.05, 0.1) is 12.1 Å². The van der Waals surface area contributed by atoms with Gasteiger partial charge in [-0.05, 0) is 54.5 Å². The van der Waals surface area contributed by atoms with Gasteiger partial charge in [-0.15, -0.1) is 0 Å². The molecule has 0 saturated heterocycles. The van der Waals surface area contributed by atoms with Crippen molar-refractivity contribution in [3.63, 3.8) is 0 Å². The van der Waals surface area contributed by atoms with Gasteiger partial charge in [0.2, 0.25) is 0 Å². The molecule has 156 valence electrons. The molecule has 3 rings (SSSR count). The summed E-state index contributed by atoms with van der Waals surface area (Å²) in [4.78, 5) is 11.2. The van der Waals surface area contributed by atoms with Crippen molar-refractivity contribution in [3.05, 3.63) is 70.8 Å². The van der Waals surface area contributed by atoms with Crippen LogP contribution < -0.4 is 10.6 Å². The standard InChI is InChI=1S/C22H26F2N2O3/c1-2-14-4-3-5-16(8-14)22(6-7-22)25-13-20(27)19(26-21(28)29)11-15-9-17(23)12-18(24)10-15/h3-5,8-10,12,19-20,25-27H,2,6-7,11,13H2,1H3,(H,28,29)/t19-,20-/m0/s1. The van der Waals surface area contributed by atoms with Crippen molar-refractivity contribution >= 4 is 6.09 Å². The maximum Gasteiger partial charge on any atom is 0.404 e. The third-order valence-corrected chi connectivity index (χ3v) is 5.44. The van der Waals surface area contributed by atoms with Gasteiger partial charge in [0.15, 0.2) is 0 Å². The predicted molar refractivity (Wildman–Crippen MR) is 106 cm³/mol. The first-order valence-electron chi connectivity index (χ1n) is 9.78. The van der Waals surface area contributed by atoms with Crippen molar-refractivity contribution in [2.45, 2.75) is 50.3 Å². The van der Waals surface area contributed by atoms with Gasteiger partial charge in [0.25, 0.3) is 0 Å². The number of hydrogen-bond donors (Lipinski definition) is 4. The van der Waals surface area contributed by atoms with Gasteiger partial charge in [0, 0.05) is 18.2 Å². The molecule has 0 spiro atoms. The molecule has 2 atom stereocenters. The number of carbonyl (C=O) groups is 1. The molecule has 1 aliphatic carbocycles. The third-order valence-electron chi connectivity index (χ3n) is 5.44. The van der Waals surface area contributed by atoms with Gasteiger partial charge in [-0.2, -0.15) is 0 Å². The molecule has 4 N–H and O–H groups in total. The largest absolute Gasteiger partial charge is 0.465 e. The second kappa shape index (κ2) is 8.88. The zero-order valence-electron chi connectivity index (χ0n) is 16.3. The van der Waals surface area contributed by atoms with Gasteiger partial charge in [-0.25, -0.2) is 13.6 Å². The number of hydrogen-bond acceptors (Lipinski definition) is 3. The highest BCUT2D eigenvalue weighted by molar-refractivity contribution is 5.65. The fraction of sp³-hybridized carbons (Fsp3) is 0.409. The van der Waals surface area contributed by atoms with E-state index >= 15 is 0 Å². The lowest BCUT2D eigenvalue weighted by Crippen LogP contribution is -2.49. The molecule has 1 amide bonds. The van der Waals surface area contributed by atoms with Crippen molar-refractivity contribution in [2.75, 3.05) is 6.54 Å². The minimum atomic E-state index is -1.30. The number of halogens is 2. The predicted octanol–water partition coefficient (Wildman–Crippen LogP) is 3.35. The van der Waals surface area contributed by atoms with E-state index in [1.165, 1.54) is 5.56 Å². The molecule has 29 heavy (non-hydrogen) atoms. The highest BCUT2D eigenvalue weighted by Gasteiger charge is 2.44. The fourth-order valence-electron chi connectivity index (χ4n) is 3.65. The second-order valence-electron chi connectivity index (χ2n) is 7.62. The van der Waals surface area contributed by atoms with Gasteiger partial charge in [-0.3, -0.25) is 0 Å². The maximum absolute atomic E-state index is 13.5. The Balaban J connectivity index is 1.68. The van der Waals surface area contributed by atoms with Crippen molar-refractivity contribution in [3.8, 4) is 0 Å². The molecule has 0 unspecified atom stereocenters. The molecule has 2 aromatic rings. The summed E-state index contributed by atoms with van der Waals surface area (Å²) in [6, 6.07) is 10.4. The van der Waals surface area contributed by atoms with Crippen LogP contribution in [0.2, 0.25) is 0 Å². The Labute approximate surface area is 168 Å². The van der Waals surface area contributed by atoms with Gasteiger partial charge >= 0.3 is 6.09 Å². The topological polar surface area (TPSA) is 81.6 Å². The van der Waals surface area contributed by atoms with E-state index in [9.17, 15) is 18.7 Å². The summed E-state index contributed by atoms with van der Waals surface area (Å²) in [6.07, 6.45) is 0.397. The van der Waals surface area contributed by atoms with E-state index in [-0.39, 0.29) is 24.1 Å². The summed E-state index contributed by atoms with van der Waals surface area (Å²) >= 11 is 0. The highest BCUT2D eigenvalue weighted by atomic mass is 19.1. The van der Waals surface area contributed by atoms with Gasteiger partial charge < -0.3 is 20.8 Å². The van der Waals surface area contributed by atoms with E-state index in [1.807, 2.05) is 12.1 Å². The molecule has 0 radical (unpaired) electrons. The number of aryl methyl sites for hydroxylation is 1. The first kappa shape index (κ1) is 21.2. The van der Waals surface area contributed by atoms with Crippen molar-refractivity contribution in [2.24, 2.45) is 0 Å². The number of nitrogens with one attached hydrogen (secondary N) is 2. The van der Waals surface area contributed by atoms with Crippen LogP contribution in [-0.4, -0.2) is 35.0 Å². The van der Waals surface area contributed by atoms with Gasteiger partial charge in [0.1, 0.15) is 11.6 Å². The van der Waals surface area contributed by atoms with Crippen LogP contribution in [0.1, 0.15) is 36.5 Å². The lowest BCUT2D eigenvalue weighted by atomic mass is 9.98. The van der Waals surface area contributed by atoms with E-state index in [0.29, 0.717) is 0 Å². The molecular weight excluding hydrogens is 378 g/mol. The number of rotatable bonds is 9. The Morgan fingerprint density at radius 1 is 1.14 bits per heavy atom. The minimum Gasteiger partial charge on any atom is -0.465 e. The van der Waals surface area contributed by atoms with Gasteiger partial charge in [-0.1, -0.05) is 31.2 Å². The van der Waals surface area contributed by atoms with Crippen molar-refractivity contribution in [1.82, 2.24) is 10.6 Å². The molecule has 5 nitrogen and oxygen atoms in total. The van der Waals surface area contributed by atoms with Crippen molar-refractivity contribution in [1.29, 1.82) is 0 Å². The summed E-state index contributed by atoms with van der Waals surface area (Å²) in [5.74, 6) is -1.48. The summed E-state index contributed by atoms with van der Waals surface area (Å²) < 4.78 is 26.9. The Hall–Kier alpha value is -2.51. The average Bonchev–Trinajstić information content (AvgIpc) is 3.46. The van der Waals surface area contributed by atoms with Crippen LogP contribution in [-0.2, 0) is 18.4 Å². The second-order valence-corrected chi connectivity index (χ2v) is 7.62. The minimum absolute atomic E-state index is 0.0256. The Kier molecular flexibility index (Phi) is 6.49. The molecule has 0 aliphatic heterocycles. The molecular formula is C22H26F2N2O3. The smallest absolute Gasteiger partial charge is 0.404 e. The van der Waals surface area contributed by atoms with Crippen LogP contribution in [0.4, 0.5) is 13.6 Å². The summed E-state index contributed by atoms with van der Waals surface area (Å²) in [7, 11) is 0. The maximum atomic E-state index is 13.5. The molecule has 0 aromatic heterocycles. The Bertz CT molecular complexity index is 851.